The lowest BCUT2D eigenvalue weighted by atomic mass is 9.97. The van der Waals surface area contributed by atoms with Gasteiger partial charge in [0.05, 0.1) is 22.2 Å². The lowest BCUT2D eigenvalue weighted by Gasteiger charge is -2.10. The van der Waals surface area contributed by atoms with Crippen LogP contribution >= 0.6 is 0 Å². The van der Waals surface area contributed by atoms with Crippen molar-refractivity contribution in [3.8, 4) is 33.6 Å². The lowest BCUT2D eigenvalue weighted by molar-refractivity contribution is 1.06. The van der Waals surface area contributed by atoms with Crippen LogP contribution in [0.2, 0.25) is 0 Å². The molecule has 8 aromatic rings. The van der Waals surface area contributed by atoms with Crippen molar-refractivity contribution in [2.75, 3.05) is 0 Å². The van der Waals surface area contributed by atoms with Gasteiger partial charge in [-0.2, -0.15) is 0 Å². The molecule has 2 heterocycles. The Bertz CT molecular complexity index is 2300. The summed E-state index contributed by atoms with van der Waals surface area (Å²) in [5, 5.41) is 3.70. The van der Waals surface area contributed by atoms with Crippen molar-refractivity contribution in [3.63, 3.8) is 0 Å². The smallest absolute Gasteiger partial charge is 0.0701 e. The molecule has 8 rings (SSSR count). The molecule has 204 valence electrons. The first kappa shape index (κ1) is 25.1. The first-order valence-corrected chi connectivity index (χ1v) is 14.6. The van der Waals surface area contributed by atoms with E-state index >= 15 is 0 Å². The molecule has 43 heavy (non-hydrogen) atoms. The summed E-state index contributed by atoms with van der Waals surface area (Å²) in [6, 6.07) is 51.9. The number of rotatable bonds is 5. The van der Waals surface area contributed by atoms with Crippen molar-refractivity contribution in [2.24, 2.45) is 4.99 Å². The van der Waals surface area contributed by atoms with Crippen molar-refractivity contribution in [1.82, 2.24) is 9.13 Å². The zero-order valence-electron chi connectivity index (χ0n) is 23.9. The van der Waals surface area contributed by atoms with Gasteiger partial charge in [0.1, 0.15) is 0 Å². The molecule has 0 radical (unpaired) electrons. The summed E-state index contributed by atoms with van der Waals surface area (Å²) in [7, 11) is 0. The molecule has 0 spiro atoms. The fourth-order valence-electron chi connectivity index (χ4n) is 6.68. The number of nitrogens with zero attached hydrogens (tertiary/aromatic N) is 3. The van der Waals surface area contributed by atoms with Crippen LogP contribution < -0.4 is 0 Å². The number of hydrogen-bond acceptors (Lipinski definition) is 1. The molecule has 6 aromatic carbocycles. The van der Waals surface area contributed by atoms with Crippen molar-refractivity contribution in [3.05, 3.63) is 151 Å². The summed E-state index contributed by atoms with van der Waals surface area (Å²) in [5.74, 6) is 0. The van der Waals surface area contributed by atoms with Gasteiger partial charge in [-0.3, -0.25) is 4.99 Å². The van der Waals surface area contributed by atoms with E-state index in [1.165, 1.54) is 55.1 Å². The summed E-state index contributed by atoms with van der Waals surface area (Å²) < 4.78 is 4.73. The fraction of sp³-hybridized carbons (Fsp3) is 0.0250. The van der Waals surface area contributed by atoms with Crippen LogP contribution in [-0.4, -0.2) is 15.9 Å². The molecule has 3 heteroatoms. The molecule has 0 saturated heterocycles. The molecule has 2 aromatic heterocycles. The summed E-state index contributed by atoms with van der Waals surface area (Å²) >= 11 is 0. The van der Waals surface area contributed by atoms with E-state index in [1.54, 1.807) is 0 Å². The van der Waals surface area contributed by atoms with Crippen LogP contribution in [0.1, 0.15) is 5.69 Å². The minimum Gasteiger partial charge on any atom is -0.313 e. The fourth-order valence-corrected chi connectivity index (χ4v) is 6.68. The van der Waals surface area contributed by atoms with E-state index in [-0.39, 0.29) is 0 Å². The Labute approximate surface area is 250 Å². The topological polar surface area (TPSA) is 22.2 Å². The average Bonchev–Trinajstić information content (AvgIpc) is 3.55. The Kier molecular flexibility index (Phi) is 5.83. The van der Waals surface area contributed by atoms with Crippen LogP contribution in [0.25, 0.3) is 66.3 Å². The van der Waals surface area contributed by atoms with E-state index in [9.17, 15) is 0 Å². The second-order valence-electron chi connectivity index (χ2n) is 11.0. The molecule has 0 aliphatic carbocycles. The van der Waals surface area contributed by atoms with Gasteiger partial charge in [0, 0.05) is 44.4 Å². The van der Waals surface area contributed by atoms with Gasteiger partial charge < -0.3 is 9.13 Å². The van der Waals surface area contributed by atoms with E-state index in [0.717, 1.165) is 22.6 Å². The monoisotopic (exact) mass is 551 g/mol. The summed E-state index contributed by atoms with van der Waals surface area (Å²) in [5.41, 5.74) is 12.6. The van der Waals surface area contributed by atoms with Crippen LogP contribution in [0.5, 0.6) is 0 Å². The van der Waals surface area contributed by atoms with Crippen LogP contribution in [0.15, 0.2) is 151 Å². The molecule has 0 unspecified atom stereocenters. The normalized spacial score (nSPS) is 11.5. The Morgan fingerprint density at radius 2 is 1.07 bits per heavy atom. The number of aliphatic imine (C=N–C) groups is 1. The van der Waals surface area contributed by atoms with Gasteiger partial charge >= 0.3 is 0 Å². The van der Waals surface area contributed by atoms with Crippen LogP contribution in [0, 0.1) is 6.92 Å². The first-order chi connectivity index (χ1) is 21.2. The van der Waals surface area contributed by atoms with Crippen molar-refractivity contribution in [1.29, 1.82) is 0 Å². The van der Waals surface area contributed by atoms with Gasteiger partial charge in [-0.05, 0) is 79.4 Å². The van der Waals surface area contributed by atoms with Gasteiger partial charge in [-0.1, -0.05) is 91.0 Å². The zero-order chi connectivity index (χ0) is 28.9. The van der Waals surface area contributed by atoms with Gasteiger partial charge in [-0.25, -0.2) is 0 Å². The SMILES string of the molecule is C=Nc1ccccc1-c1c(C)n(-c2ccccc2)c2ccc(-c3ccc4c5ccccc5n(-c5ccccc5)c4c3)cc12. The van der Waals surface area contributed by atoms with Crippen molar-refractivity contribution < 1.29 is 0 Å². The predicted octanol–water partition coefficient (Wildman–Crippen LogP) is 10.7. The quantitative estimate of drug-likeness (QED) is 0.190. The molecule has 0 amide bonds. The molecule has 0 fully saturated rings. The molecular formula is C40H29N3. The molecule has 0 aliphatic heterocycles. The van der Waals surface area contributed by atoms with Gasteiger partial charge in [0.25, 0.3) is 0 Å². The third-order valence-corrected chi connectivity index (χ3v) is 8.58. The predicted molar refractivity (Wildman–Crippen MR) is 182 cm³/mol. The molecular weight excluding hydrogens is 522 g/mol. The van der Waals surface area contributed by atoms with E-state index < -0.39 is 0 Å². The lowest BCUT2D eigenvalue weighted by Crippen LogP contribution is -1.96. The second kappa shape index (κ2) is 10.0. The molecule has 0 aliphatic rings. The van der Waals surface area contributed by atoms with Crippen LogP contribution in [0.3, 0.4) is 0 Å². The van der Waals surface area contributed by atoms with Gasteiger partial charge in [-0.15, -0.1) is 0 Å². The van der Waals surface area contributed by atoms with Crippen molar-refractivity contribution >= 4 is 45.1 Å². The molecule has 0 N–H and O–H groups in total. The van der Waals surface area contributed by atoms with E-state index in [1.807, 2.05) is 12.1 Å². The zero-order valence-corrected chi connectivity index (χ0v) is 23.9. The second-order valence-corrected chi connectivity index (χ2v) is 11.0. The summed E-state index contributed by atoms with van der Waals surface area (Å²) in [6.07, 6.45) is 0. The Hall–Kier alpha value is -5.67. The van der Waals surface area contributed by atoms with Crippen molar-refractivity contribution in [2.45, 2.75) is 6.92 Å². The highest BCUT2D eigenvalue weighted by Crippen LogP contribution is 2.42. The molecule has 0 saturated carbocycles. The third kappa shape index (κ3) is 3.93. The molecule has 0 atom stereocenters. The highest BCUT2D eigenvalue weighted by Gasteiger charge is 2.20. The number of fused-ring (bicyclic) bond motifs is 4. The summed E-state index contributed by atoms with van der Waals surface area (Å²) in [4.78, 5) is 4.39. The molecule has 0 bridgehead atoms. The Morgan fingerprint density at radius 3 is 1.84 bits per heavy atom. The summed E-state index contributed by atoms with van der Waals surface area (Å²) in [6.45, 7) is 6.08. The standard InChI is InChI=1S/C40H29N3/c1-27-40(34-18-9-11-19-36(34)41-2)35-25-28(22-24-38(35)42(27)30-13-5-3-6-14-30)29-21-23-33-32-17-10-12-20-37(32)43(39(33)26-29)31-15-7-4-8-16-31/h3-26H,2H2,1H3. The number of para-hydroxylation sites is 4. The van der Waals surface area contributed by atoms with Gasteiger partial charge in [0.15, 0.2) is 0 Å². The van der Waals surface area contributed by atoms with Crippen LogP contribution in [0.4, 0.5) is 5.69 Å². The maximum Gasteiger partial charge on any atom is 0.0701 e. The number of benzene rings is 6. The van der Waals surface area contributed by atoms with E-state index in [4.69, 9.17) is 0 Å². The maximum atomic E-state index is 4.39. The highest BCUT2D eigenvalue weighted by molar-refractivity contribution is 6.10. The minimum atomic E-state index is 0.886. The number of hydrogen-bond donors (Lipinski definition) is 0. The molecule has 3 nitrogen and oxygen atoms in total. The van der Waals surface area contributed by atoms with Crippen LogP contribution in [-0.2, 0) is 0 Å². The first-order valence-electron chi connectivity index (χ1n) is 14.6. The van der Waals surface area contributed by atoms with E-state index in [2.05, 4.69) is 161 Å². The average molecular weight is 552 g/mol. The Morgan fingerprint density at radius 1 is 0.488 bits per heavy atom. The third-order valence-electron chi connectivity index (χ3n) is 8.58. The minimum absolute atomic E-state index is 0.886. The Balaban J connectivity index is 1.40. The number of aromatic nitrogens is 2. The largest absolute Gasteiger partial charge is 0.313 e. The maximum absolute atomic E-state index is 4.39. The van der Waals surface area contributed by atoms with Gasteiger partial charge in [0.2, 0.25) is 0 Å². The van der Waals surface area contributed by atoms with E-state index in [0.29, 0.717) is 0 Å². The highest BCUT2D eigenvalue weighted by atomic mass is 15.0.